The zero-order valence-electron chi connectivity index (χ0n) is 20.3. The van der Waals surface area contributed by atoms with E-state index in [1.807, 2.05) is 48.5 Å². The quantitative estimate of drug-likeness (QED) is 0.477. The van der Waals surface area contributed by atoms with Crippen LogP contribution in [-0.2, 0) is 4.79 Å². The minimum atomic E-state index is -0.441. The predicted octanol–water partition coefficient (Wildman–Crippen LogP) is 5.20. The number of ether oxygens (including phenoxy) is 2. The molecule has 0 unspecified atom stereocenters. The molecule has 0 aromatic heterocycles. The first-order valence-corrected chi connectivity index (χ1v) is 11.7. The van der Waals surface area contributed by atoms with Gasteiger partial charge >= 0.3 is 6.03 Å². The van der Waals surface area contributed by atoms with E-state index in [-0.39, 0.29) is 18.5 Å². The molecule has 186 valence electrons. The summed E-state index contributed by atoms with van der Waals surface area (Å²) < 4.78 is 10.6. The molecule has 0 fully saturated rings. The van der Waals surface area contributed by atoms with Crippen LogP contribution in [0.1, 0.15) is 23.6 Å². The first-order valence-electron chi connectivity index (χ1n) is 11.3. The molecule has 1 N–H and O–H groups in total. The molecule has 8 nitrogen and oxygen atoms in total. The number of nitrogens with zero attached hydrogens (tertiary/aromatic N) is 3. The maximum Gasteiger partial charge on any atom is 0.322 e. The van der Waals surface area contributed by atoms with Crippen molar-refractivity contribution in [2.75, 3.05) is 33.1 Å². The molecular formula is C27H27ClN4O4. The molecule has 0 saturated heterocycles. The number of hydrogen-bond acceptors (Lipinski definition) is 5. The average Bonchev–Trinajstić information content (AvgIpc) is 3.34. The predicted molar refractivity (Wildman–Crippen MR) is 140 cm³/mol. The van der Waals surface area contributed by atoms with Crippen molar-refractivity contribution in [1.29, 1.82) is 0 Å². The third-order valence-electron chi connectivity index (χ3n) is 5.92. The molecule has 3 aromatic carbocycles. The maximum atomic E-state index is 13.4. The highest BCUT2D eigenvalue weighted by molar-refractivity contribution is 6.34. The van der Waals surface area contributed by atoms with E-state index in [0.29, 0.717) is 28.6 Å². The second-order valence-corrected chi connectivity index (χ2v) is 8.65. The van der Waals surface area contributed by atoms with Gasteiger partial charge in [-0.25, -0.2) is 9.80 Å². The Hall–Kier alpha value is -4.04. The number of nitrogens with one attached hydrogen (secondary N) is 1. The van der Waals surface area contributed by atoms with E-state index in [0.717, 1.165) is 16.9 Å². The number of hydrazone groups is 1. The van der Waals surface area contributed by atoms with Gasteiger partial charge in [-0.1, -0.05) is 54.1 Å². The van der Waals surface area contributed by atoms with Crippen LogP contribution in [0, 0.1) is 0 Å². The first kappa shape index (κ1) is 25.1. The van der Waals surface area contributed by atoms with Crippen LogP contribution < -0.4 is 14.8 Å². The fourth-order valence-electron chi connectivity index (χ4n) is 3.99. The van der Waals surface area contributed by atoms with Crippen LogP contribution in [0.4, 0.5) is 10.5 Å². The molecule has 0 saturated carbocycles. The fraction of sp³-hybridized carbons (Fsp3) is 0.222. The van der Waals surface area contributed by atoms with Gasteiger partial charge in [0.05, 0.1) is 31.7 Å². The lowest BCUT2D eigenvalue weighted by molar-refractivity contribution is -0.133. The molecule has 3 aromatic rings. The molecule has 1 heterocycles. The second kappa shape index (κ2) is 11.1. The van der Waals surface area contributed by atoms with E-state index in [1.165, 1.54) is 17.0 Å². The number of para-hydroxylation sites is 2. The maximum absolute atomic E-state index is 13.4. The summed E-state index contributed by atoms with van der Waals surface area (Å²) in [6.45, 7) is -0.174. The summed E-state index contributed by atoms with van der Waals surface area (Å²) in [5, 5.41) is 9.43. The van der Waals surface area contributed by atoms with Gasteiger partial charge in [0.2, 0.25) is 0 Å². The van der Waals surface area contributed by atoms with Gasteiger partial charge in [-0.2, -0.15) is 5.10 Å². The van der Waals surface area contributed by atoms with Gasteiger partial charge in [0.1, 0.15) is 18.0 Å². The number of urea groups is 1. The number of likely N-dealkylation sites (N-methyl/N-ethyl adjacent to an activating group) is 1. The molecule has 1 atom stereocenters. The number of carbonyl (C=O) groups excluding carboxylic acids is 2. The molecule has 0 spiro atoms. The van der Waals surface area contributed by atoms with Crippen molar-refractivity contribution in [2.24, 2.45) is 5.10 Å². The Morgan fingerprint density at radius 3 is 2.42 bits per heavy atom. The summed E-state index contributed by atoms with van der Waals surface area (Å²) in [6.07, 6.45) is 0.485. The molecule has 36 heavy (non-hydrogen) atoms. The van der Waals surface area contributed by atoms with Crippen LogP contribution in [0.3, 0.4) is 0 Å². The second-order valence-electron chi connectivity index (χ2n) is 8.24. The smallest absolute Gasteiger partial charge is 0.322 e. The van der Waals surface area contributed by atoms with E-state index < -0.39 is 6.03 Å². The number of hydrogen-bond donors (Lipinski definition) is 1. The van der Waals surface area contributed by atoms with E-state index in [9.17, 15) is 9.59 Å². The van der Waals surface area contributed by atoms with Gasteiger partial charge in [0, 0.05) is 24.1 Å². The van der Waals surface area contributed by atoms with Gasteiger partial charge in [-0.15, -0.1) is 0 Å². The highest BCUT2D eigenvalue weighted by Gasteiger charge is 2.34. The molecule has 0 aliphatic carbocycles. The summed E-state index contributed by atoms with van der Waals surface area (Å²) in [4.78, 5) is 27.5. The lowest BCUT2D eigenvalue weighted by Gasteiger charge is -2.25. The zero-order valence-corrected chi connectivity index (χ0v) is 21.0. The number of carbonyl (C=O) groups is 2. The van der Waals surface area contributed by atoms with Gasteiger partial charge < -0.3 is 19.7 Å². The monoisotopic (exact) mass is 506 g/mol. The van der Waals surface area contributed by atoms with Crippen molar-refractivity contribution in [3.63, 3.8) is 0 Å². The van der Waals surface area contributed by atoms with Crippen LogP contribution in [0.15, 0.2) is 77.9 Å². The molecule has 0 radical (unpaired) electrons. The lowest BCUT2D eigenvalue weighted by Crippen LogP contribution is -2.41. The van der Waals surface area contributed by atoms with E-state index in [2.05, 4.69) is 10.4 Å². The third kappa shape index (κ3) is 5.44. The minimum absolute atomic E-state index is 0.174. The SMILES string of the molecule is COc1ccc([C@@H]2CC(c3ccccc3Cl)=NN2C(=O)CN(C)C(=O)Nc2ccccc2OC)cc1. The Bertz CT molecular complexity index is 1280. The molecule has 3 amide bonds. The summed E-state index contributed by atoms with van der Waals surface area (Å²) in [7, 11) is 4.68. The van der Waals surface area contributed by atoms with Crippen molar-refractivity contribution in [1.82, 2.24) is 9.91 Å². The summed E-state index contributed by atoms with van der Waals surface area (Å²) in [5.74, 6) is 0.920. The molecular weight excluding hydrogens is 480 g/mol. The highest BCUT2D eigenvalue weighted by Crippen LogP contribution is 2.35. The Labute approximate surface area is 215 Å². The van der Waals surface area contributed by atoms with Gasteiger partial charge in [-0.05, 0) is 35.9 Å². The van der Waals surface area contributed by atoms with Gasteiger partial charge in [-0.3, -0.25) is 4.79 Å². The topological polar surface area (TPSA) is 83.5 Å². The number of rotatable bonds is 7. The van der Waals surface area contributed by atoms with Crippen LogP contribution >= 0.6 is 11.6 Å². The Morgan fingerprint density at radius 1 is 1.03 bits per heavy atom. The molecule has 1 aliphatic rings. The summed E-state index contributed by atoms with van der Waals surface area (Å²) in [5.41, 5.74) is 2.89. The Kier molecular flexibility index (Phi) is 7.75. The summed E-state index contributed by atoms with van der Waals surface area (Å²) >= 11 is 6.42. The van der Waals surface area contributed by atoms with Crippen molar-refractivity contribution in [3.8, 4) is 11.5 Å². The van der Waals surface area contributed by atoms with Crippen molar-refractivity contribution in [3.05, 3.63) is 88.9 Å². The number of methoxy groups -OCH3 is 2. The lowest BCUT2D eigenvalue weighted by atomic mass is 9.98. The van der Waals surface area contributed by atoms with Crippen LogP contribution in [-0.4, -0.2) is 55.4 Å². The Morgan fingerprint density at radius 2 is 1.72 bits per heavy atom. The number of anilines is 1. The third-order valence-corrected chi connectivity index (χ3v) is 6.25. The van der Waals surface area contributed by atoms with Gasteiger partial charge in [0.25, 0.3) is 5.91 Å². The van der Waals surface area contributed by atoms with Crippen LogP contribution in [0.25, 0.3) is 0 Å². The molecule has 1 aliphatic heterocycles. The largest absolute Gasteiger partial charge is 0.497 e. The normalized spacial score (nSPS) is 14.7. The molecule has 9 heteroatoms. The average molecular weight is 507 g/mol. The molecule has 0 bridgehead atoms. The fourth-order valence-corrected chi connectivity index (χ4v) is 4.23. The summed E-state index contributed by atoms with van der Waals surface area (Å²) in [6, 6.07) is 21.2. The van der Waals surface area contributed by atoms with Crippen LogP contribution in [0.5, 0.6) is 11.5 Å². The van der Waals surface area contributed by atoms with Crippen molar-refractivity contribution >= 4 is 34.9 Å². The zero-order chi connectivity index (χ0) is 25.7. The number of benzene rings is 3. The molecule has 4 rings (SSSR count). The highest BCUT2D eigenvalue weighted by atomic mass is 35.5. The Balaban J connectivity index is 1.55. The van der Waals surface area contributed by atoms with E-state index >= 15 is 0 Å². The van der Waals surface area contributed by atoms with E-state index in [4.69, 9.17) is 21.1 Å². The standard InChI is InChI=1S/C27H27ClN4O4/c1-31(27(34)29-22-10-6-7-11-25(22)36-3)17-26(33)32-24(18-12-14-19(35-2)15-13-18)16-23(30-32)20-8-4-5-9-21(20)28/h4-15,24H,16-17H2,1-3H3,(H,29,34)/t24-/m0/s1. The van der Waals surface area contributed by atoms with Crippen molar-refractivity contribution < 1.29 is 19.1 Å². The number of halogens is 1. The minimum Gasteiger partial charge on any atom is -0.497 e. The number of amides is 3. The van der Waals surface area contributed by atoms with Crippen molar-refractivity contribution in [2.45, 2.75) is 12.5 Å². The van der Waals surface area contributed by atoms with Gasteiger partial charge in [0.15, 0.2) is 0 Å². The first-order chi connectivity index (χ1) is 17.4. The van der Waals surface area contributed by atoms with E-state index in [1.54, 1.807) is 38.4 Å². The van der Waals surface area contributed by atoms with Crippen LogP contribution in [0.2, 0.25) is 5.02 Å².